The Kier molecular flexibility index (Phi) is 6.57. The number of piperidine rings is 1. The summed E-state index contributed by atoms with van der Waals surface area (Å²) in [4.78, 5) is 32.8. The van der Waals surface area contributed by atoms with Crippen molar-refractivity contribution >= 4 is 22.9 Å². The zero-order valence-corrected chi connectivity index (χ0v) is 19.8. The van der Waals surface area contributed by atoms with Crippen LogP contribution in [-0.4, -0.2) is 51.2 Å². The number of ether oxygens (including phenoxy) is 1. The van der Waals surface area contributed by atoms with Crippen molar-refractivity contribution < 1.29 is 14.3 Å². The summed E-state index contributed by atoms with van der Waals surface area (Å²) in [6.45, 7) is 3.67. The fourth-order valence-electron chi connectivity index (χ4n) is 4.64. The molecule has 1 amide bonds. The van der Waals surface area contributed by atoms with Crippen molar-refractivity contribution in [2.45, 2.75) is 26.3 Å². The Hall–Kier alpha value is -4.00. The molecule has 1 fully saturated rings. The second kappa shape index (κ2) is 10.1. The first-order valence-electron chi connectivity index (χ1n) is 12.1. The van der Waals surface area contributed by atoms with Gasteiger partial charge in [-0.3, -0.25) is 9.59 Å². The van der Waals surface area contributed by atoms with Gasteiger partial charge in [0.1, 0.15) is 0 Å². The van der Waals surface area contributed by atoms with Crippen LogP contribution in [0.4, 0.5) is 0 Å². The van der Waals surface area contributed by atoms with Crippen LogP contribution < -0.4 is 0 Å². The number of pyridine rings is 1. The molecule has 35 heavy (non-hydrogen) atoms. The SMILES string of the molecule is CCOC(=O)C1CCCN(C(=O)c2cc(-c3ccccc3)nc3c2cnn3Cc2ccccc2)C1. The number of aromatic nitrogens is 3. The number of rotatable bonds is 6. The van der Waals surface area contributed by atoms with E-state index >= 15 is 0 Å². The van der Waals surface area contributed by atoms with Crippen molar-refractivity contribution in [1.82, 2.24) is 19.7 Å². The molecule has 2 aromatic heterocycles. The second-order valence-corrected chi connectivity index (χ2v) is 8.79. The van der Waals surface area contributed by atoms with E-state index in [4.69, 9.17) is 9.72 Å². The summed E-state index contributed by atoms with van der Waals surface area (Å²) >= 11 is 0. The number of nitrogens with zero attached hydrogens (tertiary/aromatic N) is 4. The van der Waals surface area contributed by atoms with Gasteiger partial charge in [-0.25, -0.2) is 9.67 Å². The van der Waals surface area contributed by atoms with E-state index in [1.165, 1.54) is 0 Å². The smallest absolute Gasteiger partial charge is 0.310 e. The molecule has 0 bridgehead atoms. The highest BCUT2D eigenvalue weighted by Crippen LogP contribution is 2.28. The van der Waals surface area contributed by atoms with Gasteiger partial charge in [0.2, 0.25) is 0 Å². The van der Waals surface area contributed by atoms with E-state index in [0.29, 0.717) is 42.8 Å². The summed E-state index contributed by atoms with van der Waals surface area (Å²) in [5, 5.41) is 5.30. The van der Waals surface area contributed by atoms with Crippen molar-refractivity contribution in [3.8, 4) is 11.3 Å². The first-order chi connectivity index (χ1) is 17.1. The quantitative estimate of drug-likeness (QED) is 0.388. The molecule has 3 heterocycles. The normalized spacial score (nSPS) is 15.8. The van der Waals surface area contributed by atoms with Gasteiger partial charge in [0.15, 0.2) is 5.65 Å². The minimum atomic E-state index is -0.292. The van der Waals surface area contributed by atoms with E-state index in [1.807, 2.05) is 71.4 Å². The number of carbonyl (C=O) groups excluding carboxylic acids is 2. The molecule has 1 aliphatic rings. The van der Waals surface area contributed by atoms with Gasteiger partial charge in [-0.1, -0.05) is 60.7 Å². The number of fused-ring (bicyclic) bond motifs is 1. The van der Waals surface area contributed by atoms with Crippen LogP contribution in [0, 0.1) is 5.92 Å². The second-order valence-electron chi connectivity index (χ2n) is 8.79. The maximum Gasteiger partial charge on any atom is 0.310 e. The number of likely N-dealkylation sites (tertiary alicyclic amines) is 1. The van der Waals surface area contributed by atoms with Crippen LogP contribution in [0.25, 0.3) is 22.3 Å². The minimum absolute atomic E-state index is 0.108. The Morgan fingerprint density at radius 2 is 1.80 bits per heavy atom. The van der Waals surface area contributed by atoms with E-state index < -0.39 is 0 Å². The molecule has 1 aliphatic heterocycles. The van der Waals surface area contributed by atoms with Crippen LogP contribution in [0.1, 0.15) is 35.7 Å². The average molecular weight is 469 g/mol. The van der Waals surface area contributed by atoms with E-state index in [-0.39, 0.29) is 17.8 Å². The number of esters is 1. The maximum atomic E-state index is 13.8. The van der Waals surface area contributed by atoms with Gasteiger partial charge in [0, 0.05) is 18.7 Å². The molecule has 5 rings (SSSR count). The lowest BCUT2D eigenvalue weighted by molar-refractivity contribution is -0.149. The first-order valence-corrected chi connectivity index (χ1v) is 12.1. The maximum absolute atomic E-state index is 13.8. The number of benzene rings is 2. The molecule has 1 saturated heterocycles. The number of carbonyl (C=O) groups is 2. The highest BCUT2D eigenvalue weighted by Gasteiger charge is 2.31. The van der Waals surface area contributed by atoms with Crippen molar-refractivity contribution in [3.05, 3.63) is 84.1 Å². The van der Waals surface area contributed by atoms with Gasteiger partial charge >= 0.3 is 5.97 Å². The van der Waals surface area contributed by atoms with Crippen LogP contribution in [0.3, 0.4) is 0 Å². The minimum Gasteiger partial charge on any atom is -0.466 e. The van der Waals surface area contributed by atoms with Crippen molar-refractivity contribution in [1.29, 1.82) is 0 Å². The molecular weight excluding hydrogens is 440 g/mol. The first kappa shape index (κ1) is 22.8. The Labute approximate surface area is 204 Å². The van der Waals surface area contributed by atoms with Gasteiger partial charge in [0.05, 0.1) is 41.9 Å². The predicted molar refractivity (Wildman–Crippen MR) is 134 cm³/mol. The van der Waals surface area contributed by atoms with Crippen molar-refractivity contribution in [3.63, 3.8) is 0 Å². The lowest BCUT2D eigenvalue weighted by Gasteiger charge is -2.31. The Balaban J connectivity index is 1.55. The number of hydrogen-bond donors (Lipinski definition) is 0. The zero-order chi connectivity index (χ0) is 24.2. The van der Waals surface area contributed by atoms with E-state index in [2.05, 4.69) is 5.10 Å². The molecule has 0 spiro atoms. The predicted octanol–water partition coefficient (Wildman–Crippen LogP) is 4.56. The van der Waals surface area contributed by atoms with Gasteiger partial charge in [0.25, 0.3) is 5.91 Å². The summed E-state index contributed by atoms with van der Waals surface area (Å²) in [5.41, 5.74) is 3.97. The lowest BCUT2D eigenvalue weighted by Crippen LogP contribution is -2.42. The van der Waals surface area contributed by atoms with Crippen LogP contribution in [0.5, 0.6) is 0 Å². The summed E-state index contributed by atoms with van der Waals surface area (Å²) in [5.74, 6) is -0.632. The topological polar surface area (TPSA) is 77.3 Å². The largest absolute Gasteiger partial charge is 0.466 e. The van der Waals surface area contributed by atoms with E-state index in [9.17, 15) is 9.59 Å². The molecule has 0 N–H and O–H groups in total. The average Bonchev–Trinajstić information content (AvgIpc) is 3.31. The summed E-state index contributed by atoms with van der Waals surface area (Å²) in [6, 6.07) is 21.8. The zero-order valence-electron chi connectivity index (χ0n) is 19.8. The van der Waals surface area contributed by atoms with Crippen LogP contribution in [-0.2, 0) is 16.1 Å². The Morgan fingerprint density at radius 1 is 1.06 bits per heavy atom. The van der Waals surface area contributed by atoms with E-state index in [0.717, 1.165) is 29.7 Å². The fraction of sp³-hybridized carbons (Fsp3) is 0.286. The fourth-order valence-corrected chi connectivity index (χ4v) is 4.64. The molecule has 1 unspecified atom stereocenters. The molecule has 4 aromatic rings. The number of hydrogen-bond acceptors (Lipinski definition) is 5. The lowest BCUT2D eigenvalue weighted by atomic mass is 9.97. The molecule has 1 atom stereocenters. The molecule has 178 valence electrons. The third kappa shape index (κ3) is 4.80. The van der Waals surface area contributed by atoms with Gasteiger partial charge in [-0.2, -0.15) is 5.10 Å². The highest BCUT2D eigenvalue weighted by molar-refractivity contribution is 6.06. The van der Waals surface area contributed by atoms with Crippen molar-refractivity contribution in [2.75, 3.05) is 19.7 Å². The summed E-state index contributed by atoms with van der Waals surface area (Å²) < 4.78 is 7.06. The third-order valence-electron chi connectivity index (χ3n) is 6.41. The molecule has 0 saturated carbocycles. The van der Waals surface area contributed by atoms with Crippen LogP contribution in [0.2, 0.25) is 0 Å². The molecule has 2 aromatic carbocycles. The Morgan fingerprint density at radius 3 is 2.54 bits per heavy atom. The summed E-state index contributed by atoms with van der Waals surface area (Å²) in [7, 11) is 0. The van der Waals surface area contributed by atoms with E-state index in [1.54, 1.807) is 18.0 Å². The Bertz CT molecular complexity index is 1330. The van der Waals surface area contributed by atoms with Gasteiger partial charge < -0.3 is 9.64 Å². The highest BCUT2D eigenvalue weighted by atomic mass is 16.5. The summed E-state index contributed by atoms with van der Waals surface area (Å²) in [6.07, 6.45) is 3.22. The number of amides is 1. The van der Waals surface area contributed by atoms with Crippen LogP contribution >= 0.6 is 0 Å². The van der Waals surface area contributed by atoms with Gasteiger partial charge in [-0.15, -0.1) is 0 Å². The van der Waals surface area contributed by atoms with Crippen molar-refractivity contribution in [2.24, 2.45) is 5.92 Å². The molecule has 7 nitrogen and oxygen atoms in total. The van der Waals surface area contributed by atoms with Crippen LogP contribution in [0.15, 0.2) is 72.9 Å². The standard InChI is InChI=1S/C28H28N4O3/c1-2-35-28(34)22-14-9-15-31(19-22)27(33)23-16-25(21-12-7-4-8-13-21)30-26-24(23)17-29-32(26)18-20-10-5-3-6-11-20/h3-8,10-13,16-17,22H,2,9,14-15,18-19H2,1H3. The third-order valence-corrected chi connectivity index (χ3v) is 6.41. The van der Waals surface area contributed by atoms with Gasteiger partial charge in [-0.05, 0) is 31.4 Å². The monoisotopic (exact) mass is 468 g/mol. The molecule has 7 heteroatoms. The molecule has 0 radical (unpaired) electrons. The molecule has 0 aliphatic carbocycles. The molecular formula is C28H28N4O3.